The topological polar surface area (TPSA) is 59.7 Å². The Bertz CT molecular complexity index is 780. The standard InChI is InChI=1S/C17H22N4O2/c1-11-8-14(21-15(18-11)9-12(2)19-21)16(22)20-6-7-23-10-17(20,3)13-4-5-13/h8-9,13H,4-7,10H2,1-3H3. The summed E-state index contributed by atoms with van der Waals surface area (Å²) in [5, 5.41) is 4.45. The predicted molar refractivity (Wildman–Crippen MR) is 85.4 cm³/mol. The van der Waals surface area contributed by atoms with Gasteiger partial charge in [0.1, 0.15) is 5.69 Å². The minimum atomic E-state index is -0.207. The van der Waals surface area contributed by atoms with E-state index in [9.17, 15) is 4.79 Å². The number of hydrogen-bond donors (Lipinski definition) is 0. The van der Waals surface area contributed by atoms with Crippen molar-refractivity contribution in [1.82, 2.24) is 19.5 Å². The van der Waals surface area contributed by atoms with E-state index in [1.807, 2.05) is 30.9 Å². The van der Waals surface area contributed by atoms with Crippen LogP contribution in [0.2, 0.25) is 0 Å². The Kier molecular flexibility index (Phi) is 3.20. The second-order valence-corrected chi connectivity index (χ2v) is 6.98. The molecule has 1 amide bonds. The van der Waals surface area contributed by atoms with Gasteiger partial charge in [-0.05, 0) is 45.6 Å². The lowest BCUT2D eigenvalue weighted by Crippen LogP contribution is -2.59. The van der Waals surface area contributed by atoms with Crippen LogP contribution in [0.15, 0.2) is 12.1 Å². The third-order valence-electron chi connectivity index (χ3n) is 5.07. The van der Waals surface area contributed by atoms with E-state index < -0.39 is 0 Å². The van der Waals surface area contributed by atoms with Crippen molar-refractivity contribution < 1.29 is 9.53 Å². The third-order valence-corrected chi connectivity index (χ3v) is 5.07. The van der Waals surface area contributed by atoms with E-state index in [-0.39, 0.29) is 11.4 Å². The Balaban J connectivity index is 1.79. The molecular weight excluding hydrogens is 292 g/mol. The molecule has 2 aromatic heterocycles. The zero-order chi connectivity index (χ0) is 16.2. The fraction of sp³-hybridized carbons (Fsp3) is 0.588. The van der Waals surface area contributed by atoms with Crippen molar-refractivity contribution in [2.45, 2.75) is 39.2 Å². The summed E-state index contributed by atoms with van der Waals surface area (Å²) in [4.78, 5) is 19.8. The SMILES string of the molecule is Cc1cc(C(=O)N2CCOCC2(C)C2CC2)n2nc(C)cc2n1. The first-order valence-electron chi connectivity index (χ1n) is 8.23. The molecule has 3 heterocycles. The summed E-state index contributed by atoms with van der Waals surface area (Å²) < 4.78 is 7.36. The van der Waals surface area contributed by atoms with Crippen LogP contribution in [-0.2, 0) is 4.74 Å². The van der Waals surface area contributed by atoms with Crippen molar-refractivity contribution in [1.29, 1.82) is 0 Å². The number of hydrogen-bond acceptors (Lipinski definition) is 4. The number of fused-ring (bicyclic) bond motifs is 1. The summed E-state index contributed by atoms with van der Waals surface area (Å²) >= 11 is 0. The van der Waals surface area contributed by atoms with Crippen LogP contribution in [0.25, 0.3) is 5.65 Å². The average molecular weight is 314 g/mol. The normalized spacial score (nSPS) is 25.1. The highest BCUT2D eigenvalue weighted by Gasteiger charge is 2.49. The molecule has 0 bridgehead atoms. The zero-order valence-electron chi connectivity index (χ0n) is 13.9. The number of carbonyl (C=O) groups is 1. The maximum absolute atomic E-state index is 13.3. The Morgan fingerprint density at radius 3 is 2.83 bits per heavy atom. The summed E-state index contributed by atoms with van der Waals surface area (Å²) in [6.07, 6.45) is 2.35. The predicted octanol–water partition coefficient (Wildman–Crippen LogP) is 1.99. The molecule has 1 atom stereocenters. The van der Waals surface area contributed by atoms with Crippen LogP contribution in [0, 0.1) is 19.8 Å². The molecule has 0 aromatic carbocycles. The van der Waals surface area contributed by atoms with Crippen molar-refractivity contribution in [2.24, 2.45) is 5.92 Å². The average Bonchev–Trinajstić information content (AvgIpc) is 3.29. The van der Waals surface area contributed by atoms with Crippen LogP contribution in [0.4, 0.5) is 0 Å². The van der Waals surface area contributed by atoms with Crippen LogP contribution >= 0.6 is 0 Å². The minimum Gasteiger partial charge on any atom is -0.377 e. The summed E-state index contributed by atoms with van der Waals surface area (Å²) in [7, 11) is 0. The molecule has 6 nitrogen and oxygen atoms in total. The Hall–Kier alpha value is -1.95. The lowest BCUT2D eigenvalue weighted by atomic mass is 9.92. The number of aryl methyl sites for hydroxylation is 2. The molecule has 4 rings (SSSR count). The van der Waals surface area contributed by atoms with E-state index in [4.69, 9.17) is 4.74 Å². The number of ether oxygens (including phenoxy) is 1. The van der Waals surface area contributed by atoms with E-state index in [2.05, 4.69) is 17.0 Å². The molecule has 0 N–H and O–H groups in total. The number of rotatable bonds is 2. The first-order chi connectivity index (χ1) is 11.0. The van der Waals surface area contributed by atoms with Crippen molar-refractivity contribution in [3.8, 4) is 0 Å². The molecule has 1 aliphatic heterocycles. The molecule has 0 spiro atoms. The summed E-state index contributed by atoms with van der Waals surface area (Å²) in [6, 6.07) is 3.74. The van der Waals surface area contributed by atoms with Gasteiger partial charge in [0, 0.05) is 18.3 Å². The molecule has 23 heavy (non-hydrogen) atoms. The molecule has 2 aromatic rings. The monoisotopic (exact) mass is 314 g/mol. The van der Waals surface area contributed by atoms with Crippen LogP contribution in [-0.4, -0.2) is 50.7 Å². The van der Waals surface area contributed by atoms with Gasteiger partial charge in [-0.25, -0.2) is 9.50 Å². The van der Waals surface area contributed by atoms with Crippen molar-refractivity contribution in [2.75, 3.05) is 19.8 Å². The van der Waals surface area contributed by atoms with E-state index in [1.54, 1.807) is 4.52 Å². The number of amides is 1. The van der Waals surface area contributed by atoms with Crippen molar-refractivity contribution >= 4 is 11.6 Å². The second kappa shape index (κ2) is 5.03. The molecule has 2 fully saturated rings. The van der Waals surface area contributed by atoms with Crippen LogP contribution in [0.1, 0.15) is 41.6 Å². The molecule has 1 saturated carbocycles. The molecule has 1 unspecified atom stereocenters. The number of nitrogens with zero attached hydrogens (tertiary/aromatic N) is 4. The Morgan fingerprint density at radius 1 is 1.30 bits per heavy atom. The lowest BCUT2D eigenvalue weighted by molar-refractivity contribution is -0.0550. The Morgan fingerprint density at radius 2 is 2.09 bits per heavy atom. The lowest BCUT2D eigenvalue weighted by Gasteiger charge is -2.45. The highest BCUT2D eigenvalue weighted by Crippen LogP contribution is 2.44. The molecule has 122 valence electrons. The smallest absolute Gasteiger partial charge is 0.273 e. The van der Waals surface area contributed by atoms with Gasteiger partial charge in [-0.3, -0.25) is 4.79 Å². The second-order valence-electron chi connectivity index (χ2n) is 6.98. The summed E-state index contributed by atoms with van der Waals surface area (Å²) in [5.41, 5.74) is 2.81. The number of carbonyl (C=O) groups excluding carboxylic acids is 1. The van der Waals surface area contributed by atoms with Gasteiger partial charge in [0.15, 0.2) is 5.65 Å². The largest absolute Gasteiger partial charge is 0.377 e. The highest BCUT2D eigenvalue weighted by atomic mass is 16.5. The van der Waals surface area contributed by atoms with Crippen LogP contribution in [0.3, 0.4) is 0 Å². The van der Waals surface area contributed by atoms with Gasteiger partial charge in [0.05, 0.1) is 24.4 Å². The van der Waals surface area contributed by atoms with Crippen LogP contribution in [0.5, 0.6) is 0 Å². The maximum atomic E-state index is 13.3. The van der Waals surface area contributed by atoms with Gasteiger partial charge in [0.2, 0.25) is 0 Å². The fourth-order valence-electron chi connectivity index (χ4n) is 3.65. The summed E-state index contributed by atoms with van der Waals surface area (Å²) in [6.45, 7) is 7.84. The number of morpholine rings is 1. The van der Waals surface area contributed by atoms with Gasteiger partial charge >= 0.3 is 0 Å². The van der Waals surface area contributed by atoms with E-state index in [0.29, 0.717) is 31.4 Å². The van der Waals surface area contributed by atoms with Gasteiger partial charge < -0.3 is 9.64 Å². The van der Waals surface area contributed by atoms with Gasteiger partial charge in [-0.1, -0.05) is 0 Å². The van der Waals surface area contributed by atoms with E-state index in [0.717, 1.165) is 17.0 Å². The molecule has 1 aliphatic carbocycles. The highest BCUT2D eigenvalue weighted by molar-refractivity contribution is 5.94. The molecule has 1 saturated heterocycles. The fourth-order valence-corrected chi connectivity index (χ4v) is 3.65. The van der Waals surface area contributed by atoms with Gasteiger partial charge in [-0.2, -0.15) is 5.10 Å². The van der Waals surface area contributed by atoms with Crippen molar-refractivity contribution in [3.63, 3.8) is 0 Å². The quantitative estimate of drug-likeness (QED) is 0.850. The van der Waals surface area contributed by atoms with Gasteiger partial charge in [-0.15, -0.1) is 0 Å². The van der Waals surface area contributed by atoms with Gasteiger partial charge in [0.25, 0.3) is 5.91 Å². The molecule has 2 aliphatic rings. The number of aromatic nitrogens is 3. The molecular formula is C17H22N4O2. The van der Waals surface area contributed by atoms with Crippen LogP contribution < -0.4 is 0 Å². The van der Waals surface area contributed by atoms with E-state index in [1.165, 1.54) is 12.8 Å². The Labute approximate surface area is 135 Å². The zero-order valence-corrected chi connectivity index (χ0v) is 13.9. The van der Waals surface area contributed by atoms with E-state index >= 15 is 0 Å². The summed E-state index contributed by atoms with van der Waals surface area (Å²) in [5.74, 6) is 0.575. The molecule has 6 heteroatoms. The minimum absolute atomic E-state index is 0.0290. The third kappa shape index (κ3) is 2.32. The maximum Gasteiger partial charge on any atom is 0.273 e. The first kappa shape index (κ1) is 14.6. The van der Waals surface area contributed by atoms with Crippen molar-refractivity contribution in [3.05, 3.63) is 29.2 Å². The molecule has 0 radical (unpaired) electrons. The first-order valence-corrected chi connectivity index (χ1v) is 8.23.